The third-order valence-corrected chi connectivity index (χ3v) is 9.48. The van der Waals surface area contributed by atoms with E-state index in [-0.39, 0.29) is 14.5 Å². The summed E-state index contributed by atoms with van der Waals surface area (Å²) >= 11 is 0.202. The Kier molecular flexibility index (Phi) is 4.88. The first kappa shape index (κ1) is 21.3. The van der Waals surface area contributed by atoms with Gasteiger partial charge in [0.15, 0.2) is 0 Å². The van der Waals surface area contributed by atoms with Crippen molar-refractivity contribution in [2.45, 2.75) is 6.92 Å². The molecular formula is C33H24N2Se. The summed E-state index contributed by atoms with van der Waals surface area (Å²) in [6.45, 7) is 6.11. The van der Waals surface area contributed by atoms with Crippen LogP contribution >= 0.6 is 0 Å². The molecule has 0 spiro atoms. The maximum atomic E-state index is 3.97. The zero-order valence-corrected chi connectivity index (χ0v) is 21.7. The van der Waals surface area contributed by atoms with Gasteiger partial charge in [-0.15, -0.1) is 0 Å². The molecule has 0 aliphatic rings. The van der Waals surface area contributed by atoms with Crippen molar-refractivity contribution < 1.29 is 0 Å². The van der Waals surface area contributed by atoms with E-state index >= 15 is 0 Å². The van der Waals surface area contributed by atoms with Crippen molar-refractivity contribution in [3.05, 3.63) is 119 Å². The fourth-order valence-electron chi connectivity index (χ4n) is 5.60. The topological polar surface area (TPSA) is 9.86 Å². The molecule has 0 unspecified atom stereocenters. The molecule has 0 amide bonds. The molecule has 172 valence electrons. The van der Waals surface area contributed by atoms with Crippen molar-refractivity contribution in [2.75, 3.05) is 0 Å². The first-order valence-electron chi connectivity index (χ1n) is 12.2. The van der Waals surface area contributed by atoms with Crippen LogP contribution in [0, 0.1) is 0 Å². The van der Waals surface area contributed by atoms with Crippen LogP contribution in [0.4, 0.5) is 0 Å². The van der Waals surface area contributed by atoms with Gasteiger partial charge in [0.05, 0.1) is 0 Å². The summed E-state index contributed by atoms with van der Waals surface area (Å²) < 4.78 is 7.67. The molecule has 3 heterocycles. The van der Waals surface area contributed by atoms with Crippen molar-refractivity contribution in [1.29, 1.82) is 0 Å². The van der Waals surface area contributed by atoms with Gasteiger partial charge in [-0.3, -0.25) is 0 Å². The molecule has 0 fully saturated rings. The standard InChI is InChI=1S/C33H24N2Se/c1-3-12-31-24(4-2)32-27-17-7-10-20-30(27)35(33(32)36-31)23-14-11-13-22(21-23)34-28-18-8-5-15-25(28)26-16-6-9-19-29(26)34/h3-21H,1H2,2H3/b24-4+,31-12+. The third-order valence-electron chi connectivity index (χ3n) is 7.06. The Morgan fingerprint density at radius 2 is 1.22 bits per heavy atom. The minimum absolute atomic E-state index is 0.202. The van der Waals surface area contributed by atoms with Crippen molar-refractivity contribution in [3.8, 4) is 11.4 Å². The van der Waals surface area contributed by atoms with Gasteiger partial charge in [-0.25, -0.2) is 0 Å². The van der Waals surface area contributed by atoms with Crippen LogP contribution in [-0.4, -0.2) is 23.6 Å². The van der Waals surface area contributed by atoms with Gasteiger partial charge >= 0.3 is 216 Å². The van der Waals surface area contributed by atoms with E-state index in [0.29, 0.717) is 0 Å². The van der Waals surface area contributed by atoms with Crippen LogP contribution in [0.2, 0.25) is 0 Å². The molecule has 36 heavy (non-hydrogen) atoms. The average Bonchev–Trinajstić information content (AvgIpc) is 3.55. The number of hydrogen-bond acceptors (Lipinski definition) is 0. The molecule has 7 rings (SSSR count). The van der Waals surface area contributed by atoms with Crippen LogP contribution in [-0.2, 0) is 0 Å². The molecule has 0 bridgehead atoms. The molecule has 0 N–H and O–H groups in total. The van der Waals surface area contributed by atoms with E-state index in [1.807, 2.05) is 6.08 Å². The number of benzene rings is 4. The van der Waals surface area contributed by atoms with Crippen LogP contribution in [0.3, 0.4) is 0 Å². The van der Waals surface area contributed by atoms with Gasteiger partial charge in [0.1, 0.15) is 0 Å². The average molecular weight is 528 g/mol. The quantitative estimate of drug-likeness (QED) is 0.226. The van der Waals surface area contributed by atoms with Gasteiger partial charge in [-0.2, -0.15) is 0 Å². The second kappa shape index (κ2) is 8.27. The van der Waals surface area contributed by atoms with Crippen LogP contribution in [0.15, 0.2) is 110 Å². The number of hydrogen-bond donors (Lipinski definition) is 0. The normalized spacial score (nSPS) is 13.0. The van der Waals surface area contributed by atoms with Crippen LogP contribution in [0.25, 0.3) is 66.0 Å². The Morgan fingerprint density at radius 3 is 1.83 bits per heavy atom. The summed E-state index contributed by atoms with van der Waals surface area (Å²) in [5.41, 5.74) is 6.10. The molecule has 0 aliphatic carbocycles. The summed E-state index contributed by atoms with van der Waals surface area (Å²) in [5.74, 6) is 0. The summed E-state index contributed by atoms with van der Waals surface area (Å²) in [4.78, 5) is 0. The Hall–Kier alpha value is -4.04. The van der Waals surface area contributed by atoms with E-state index < -0.39 is 0 Å². The summed E-state index contributed by atoms with van der Waals surface area (Å²) in [6.07, 6.45) is 6.36. The predicted octanol–water partition coefficient (Wildman–Crippen LogP) is 6.70. The monoisotopic (exact) mass is 528 g/mol. The summed E-state index contributed by atoms with van der Waals surface area (Å²) in [6, 6.07) is 35.2. The number of fused-ring (bicyclic) bond motifs is 6. The molecule has 3 heteroatoms. The van der Waals surface area contributed by atoms with Gasteiger partial charge in [0, 0.05) is 0 Å². The number of allylic oxidation sites excluding steroid dienone is 1. The summed E-state index contributed by atoms with van der Waals surface area (Å²) in [7, 11) is 0. The van der Waals surface area contributed by atoms with E-state index in [2.05, 4.69) is 132 Å². The van der Waals surface area contributed by atoms with Gasteiger partial charge in [0.2, 0.25) is 0 Å². The van der Waals surface area contributed by atoms with Crippen molar-refractivity contribution in [1.82, 2.24) is 9.13 Å². The Balaban J connectivity index is 1.57. The van der Waals surface area contributed by atoms with E-state index in [1.165, 1.54) is 63.2 Å². The molecule has 0 saturated carbocycles. The Labute approximate surface area is 215 Å². The number of aromatic nitrogens is 2. The zero-order chi connectivity index (χ0) is 24.2. The summed E-state index contributed by atoms with van der Waals surface area (Å²) in [5, 5.41) is 6.61. The zero-order valence-electron chi connectivity index (χ0n) is 20.0. The van der Waals surface area contributed by atoms with Gasteiger partial charge in [0.25, 0.3) is 0 Å². The minimum atomic E-state index is 0.202. The molecular weight excluding hydrogens is 503 g/mol. The van der Waals surface area contributed by atoms with Crippen molar-refractivity contribution in [3.63, 3.8) is 0 Å². The van der Waals surface area contributed by atoms with E-state index in [9.17, 15) is 0 Å². The number of nitrogens with zero attached hydrogens (tertiary/aromatic N) is 2. The van der Waals surface area contributed by atoms with E-state index in [0.717, 1.165) is 0 Å². The van der Waals surface area contributed by atoms with Crippen LogP contribution in [0.1, 0.15) is 6.92 Å². The van der Waals surface area contributed by atoms with E-state index in [1.54, 1.807) is 0 Å². The van der Waals surface area contributed by atoms with Crippen LogP contribution in [0.5, 0.6) is 0 Å². The van der Waals surface area contributed by atoms with Crippen molar-refractivity contribution in [2.24, 2.45) is 0 Å². The molecule has 7 aromatic rings. The SMILES string of the molecule is C=C/C=c1/[se]c2c(/c1=C/C)c1ccccc1n2-c1cccc(-n2c3ccccc3c3ccccc32)c1. The van der Waals surface area contributed by atoms with Crippen molar-refractivity contribution >= 4 is 69.1 Å². The third kappa shape index (κ3) is 2.97. The predicted molar refractivity (Wildman–Crippen MR) is 156 cm³/mol. The molecule has 0 atom stereocenters. The molecule has 0 radical (unpaired) electrons. The Bertz CT molecular complexity index is 2030. The molecule has 3 aromatic heterocycles. The van der Waals surface area contributed by atoms with Gasteiger partial charge in [-0.05, 0) is 0 Å². The molecule has 0 aliphatic heterocycles. The Morgan fingerprint density at radius 1 is 0.667 bits per heavy atom. The number of para-hydroxylation sites is 3. The van der Waals surface area contributed by atoms with E-state index in [4.69, 9.17) is 0 Å². The maximum absolute atomic E-state index is 3.97. The fourth-order valence-corrected chi connectivity index (χ4v) is 8.37. The number of rotatable bonds is 3. The second-order valence-electron chi connectivity index (χ2n) is 8.99. The first-order valence-corrected chi connectivity index (χ1v) is 13.9. The first-order chi connectivity index (χ1) is 17.8. The van der Waals surface area contributed by atoms with Crippen LogP contribution < -0.4 is 9.31 Å². The van der Waals surface area contributed by atoms with Gasteiger partial charge < -0.3 is 0 Å². The second-order valence-corrected chi connectivity index (χ2v) is 11.2. The molecule has 4 aromatic carbocycles. The molecule has 2 nitrogen and oxygen atoms in total. The fraction of sp³-hybridized carbons (Fsp3) is 0.0303. The molecule has 0 saturated heterocycles. The van der Waals surface area contributed by atoms with Gasteiger partial charge in [-0.1, -0.05) is 0 Å².